The Kier molecular flexibility index (Phi) is 14.5. The second-order valence-corrected chi connectivity index (χ2v) is 30.8. The molecular formula is C98H76B2N6. The van der Waals surface area contributed by atoms with Gasteiger partial charge >= 0.3 is 0 Å². The smallest absolute Gasteiger partial charge is 0.252 e. The number of hydrogen-bond donors (Lipinski definition) is 0. The van der Waals surface area contributed by atoms with Gasteiger partial charge in [0, 0.05) is 95.8 Å². The van der Waals surface area contributed by atoms with Gasteiger partial charge in [0.2, 0.25) is 0 Å². The van der Waals surface area contributed by atoms with E-state index in [1.54, 1.807) is 0 Å². The molecule has 0 atom stereocenters. The van der Waals surface area contributed by atoms with E-state index in [1.807, 2.05) is 0 Å². The first kappa shape index (κ1) is 63.0. The molecule has 0 aliphatic carbocycles. The Morgan fingerprint density at radius 1 is 0.255 bits per heavy atom. The van der Waals surface area contributed by atoms with Crippen LogP contribution in [0.1, 0.15) is 52.7 Å². The van der Waals surface area contributed by atoms with Crippen LogP contribution in [0.5, 0.6) is 0 Å². The van der Waals surface area contributed by atoms with Gasteiger partial charge in [0.1, 0.15) is 0 Å². The second kappa shape index (κ2) is 24.4. The highest BCUT2D eigenvalue weighted by atomic mass is 15.2. The van der Waals surface area contributed by atoms with Gasteiger partial charge in [0.05, 0.1) is 28.1 Å². The highest BCUT2D eigenvalue weighted by Crippen LogP contribution is 2.55. The maximum absolute atomic E-state index is 2.70. The SMILES string of the molecule is CC(C)(C)c1ccc2c(c1)c1cc(C(C)(C)C)ccc1n2-c1cc2c3c(c1)N(c1ccccc1)c1cc4c(cc1B3c1ccccc1N2c1ccccc1)B1c2ccccc2N(c2ccccc2)c2cc(N(c3ccccc3)c3ccccc3)cc(c21)N4c1c(-c2ccccc2)cccc1-c1ccccc1. The number of hydrogen-bond acceptors (Lipinski definition) is 5. The maximum Gasteiger partial charge on any atom is 0.252 e. The van der Waals surface area contributed by atoms with E-state index in [2.05, 4.69) is 422 Å². The fraction of sp³-hybridized carbons (Fsp3) is 0.0816. The molecule has 0 N–H and O–H groups in total. The van der Waals surface area contributed by atoms with E-state index >= 15 is 0 Å². The second-order valence-electron chi connectivity index (χ2n) is 30.8. The van der Waals surface area contributed by atoms with E-state index in [-0.39, 0.29) is 24.3 Å². The summed E-state index contributed by atoms with van der Waals surface area (Å²) in [6.07, 6.45) is 0. The molecule has 4 aliphatic rings. The zero-order chi connectivity index (χ0) is 71.1. The van der Waals surface area contributed by atoms with E-state index in [0.717, 1.165) is 113 Å². The molecule has 5 heterocycles. The van der Waals surface area contributed by atoms with Gasteiger partial charge in [-0.15, -0.1) is 0 Å². The van der Waals surface area contributed by atoms with Crippen molar-refractivity contribution in [3.63, 3.8) is 0 Å². The summed E-state index contributed by atoms with van der Waals surface area (Å²) in [6, 6.07) is 133. The molecule has 4 aliphatic heterocycles. The quantitative estimate of drug-likeness (QED) is 0.127. The minimum atomic E-state index is -0.237. The van der Waals surface area contributed by atoms with Gasteiger partial charge < -0.3 is 29.1 Å². The molecular weight excluding hydrogens is 1280 g/mol. The van der Waals surface area contributed by atoms with Gasteiger partial charge in [-0.1, -0.05) is 266 Å². The number of para-hydroxylation sites is 8. The standard InChI is InChI=1S/C98H76B2N6/c1-97(2,3)67-53-55-84-78(57-67)79-58-68(98(4,5)6)54-56-85(79)105(84)75-61-91-94-92(62-75)104(73-45-26-13-27-46-73)88-64-89-83(63-82(88)99(94)80-49-28-30-51-86(80)103(91)72-43-24-12-25-44-72)100-81-50-29-31-52-87(81)102(71-41-22-11-23-42-71)90-59-74(101(69-37-18-9-19-38-69)70-39-20-10-21-40-70)60-93(95(90)100)106(89)96-76(65-33-14-7-15-34-65)47-32-48-77(96)66-35-16-8-17-36-66/h7-64H,1-6H3. The van der Waals surface area contributed by atoms with Crippen molar-refractivity contribution in [1.82, 2.24) is 4.57 Å². The Morgan fingerprint density at radius 3 is 1.04 bits per heavy atom. The van der Waals surface area contributed by atoms with Crippen LogP contribution in [0, 0.1) is 0 Å². The normalized spacial score (nSPS) is 13.3. The molecule has 0 saturated carbocycles. The monoisotopic (exact) mass is 1360 g/mol. The number of benzene rings is 15. The van der Waals surface area contributed by atoms with Gasteiger partial charge in [-0.2, -0.15) is 0 Å². The first-order chi connectivity index (χ1) is 51.9. The van der Waals surface area contributed by atoms with Gasteiger partial charge in [-0.3, -0.25) is 0 Å². The van der Waals surface area contributed by atoms with Crippen molar-refractivity contribution in [3.05, 3.63) is 363 Å². The molecule has 20 rings (SSSR count). The third kappa shape index (κ3) is 9.95. The van der Waals surface area contributed by atoms with Gasteiger partial charge in [-0.05, 0) is 193 Å². The molecule has 0 fully saturated rings. The molecule has 0 bridgehead atoms. The van der Waals surface area contributed by atoms with Gasteiger partial charge in [0.15, 0.2) is 0 Å². The molecule has 0 spiro atoms. The number of aromatic nitrogens is 1. The van der Waals surface area contributed by atoms with Crippen LogP contribution in [0.2, 0.25) is 0 Å². The molecule has 16 aromatic rings. The molecule has 504 valence electrons. The van der Waals surface area contributed by atoms with Crippen molar-refractivity contribution in [2.24, 2.45) is 0 Å². The third-order valence-corrected chi connectivity index (χ3v) is 22.6. The first-order valence-electron chi connectivity index (χ1n) is 37.2. The Labute approximate surface area is 621 Å². The summed E-state index contributed by atoms with van der Waals surface area (Å²) in [6.45, 7) is 13.5. The molecule has 0 radical (unpaired) electrons. The molecule has 1 aromatic heterocycles. The minimum Gasteiger partial charge on any atom is -0.311 e. The lowest BCUT2D eigenvalue weighted by atomic mass is 9.30. The molecule has 106 heavy (non-hydrogen) atoms. The number of rotatable bonds is 10. The summed E-state index contributed by atoms with van der Waals surface area (Å²) in [5.41, 5.74) is 34.4. The van der Waals surface area contributed by atoms with E-state index in [1.165, 1.54) is 65.7 Å². The van der Waals surface area contributed by atoms with Gasteiger partial charge in [0.25, 0.3) is 13.4 Å². The number of anilines is 15. The van der Waals surface area contributed by atoms with E-state index in [0.29, 0.717) is 0 Å². The summed E-state index contributed by atoms with van der Waals surface area (Å²) in [4.78, 5) is 12.9. The van der Waals surface area contributed by atoms with Crippen LogP contribution in [-0.2, 0) is 10.8 Å². The van der Waals surface area contributed by atoms with Crippen LogP contribution in [-0.4, -0.2) is 18.0 Å². The van der Waals surface area contributed by atoms with Crippen molar-refractivity contribution in [1.29, 1.82) is 0 Å². The zero-order valence-electron chi connectivity index (χ0n) is 60.3. The van der Waals surface area contributed by atoms with E-state index < -0.39 is 0 Å². The predicted octanol–water partition coefficient (Wildman–Crippen LogP) is 22.3. The lowest BCUT2D eigenvalue weighted by Crippen LogP contribution is -2.65. The van der Waals surface area contributed by atoms with Crippen LogP contribution in [0.15, 0.2) is 352 Å². The molecule has 0 amide bonds. The van der Waals surface area contributed by atoms with E-state index in [4.69, 9.17) is 0 Å². The van der Waals surface area contributed by atoms with Crippen LogP contribution in [0.4, 0.5) is 85.3 Å². The van der Waals surface area contributed by atoms with Crippen LogP contribution in [0.25, 0.3) is 49.7 Å². The largest absolute Gasteiger partial charge is 0.311 e. The lowest BCUT2D eigenvalue weighted by Gasteiger charge is -2.48. The number of fused-ring (bicyclic) bond motifs is 11. The molecule has 0 unspecified atom stereocenters. The minimum absolute atomic E-state index is 0.0653. The Morgan fingerprint density at radius 2 is 0.613 bits per heavy atom. The molecule has 0 saturated heterocycles. The average Bonchev–Trinajstić information content (AvgIpc) is 0.712. The summed E-state index contributed by atoms with van der Waals surface area (Å²) < 4.78 is 2.57. The zero-order valence-corrected chi connectivity index (χ0v) is 60.3. The van der Waals surface area contributed by atoms with Crippen molar-refractivity contribution >= 4 is 153 Å². The summed E-state index contributed by atoms with van der Waals surface area (Å²) >= 11 is 0. The molecule has 6 nitrogen and oxygen atoms in total. The fourth-order valence-corrected chi connectivity index (χ4v) is 17.7. The highest BCUT2D eigenvalue weighted by Gasteiger charge is 2.49. The number of nitrogens with zero attached hydrogens (tertiary/aromatic N) is 6. The van der Waals surface area contributed by atoms with Crippen molar-refractivity contribution in [3.8, 4) is 27.9 Å². The Hall–Kier alpha value is -12.8. The van der Waals surface area contributed by atoms with Crippen molar-refractivity contribution in [2.75, 3.05) is 24.5 Å². The summed E-state index contributed by atoms with van der Waals surface area (Å²) in [5.74, 6) is 0. The average molecular weight is 1360 g/mol. The summed E-state index contributed by atoms with van der Waals surface area (Å²) in [7, 11) is 0. The van der Waals surface area contributed by atoms with Gasteiger partial charge in [-0.25, -0.2) is 0 Å². The van der Waals surface area contributed by atoms with Crippen LogP contribution < -0.4 is 57.3 Å². The Bertz CT molecular complexity index is 5960. The summed E-state index contributed by atoms with van der Waals surface area (Å²) in [5, 5.41) is 2.51. The van der Waals surface area contributed by atoms with Crippen molar-refractivity contribution in [2.45, 2.75) is 52.4 Å². The fourth-order valence-electron chi connectivity index (χ4n) is 17.7. The van der Waals surface area contributed by atoms with Crippen LogP contribution in [0.3, 0.4) is 0 Å². The van der Waals surface area contributed by atoms with Crippen molar-refractivity contribution < 1.29 is 0 Å². The Balaban J connectivity index is 0.948. The molecule has 15 aromatic carbocycles. The lowest BCUT2D eigenvalue weighted by molar-refractivity contribution is 0.590. The first-order valence-corrected chi connectivity index (χ1v) is 37.2. The third-order valence-electron chi connectivity index (χ3n) is 22.6. The topological polar surface area (TPSA) is 21.1 Å². The molecule has 8 heteroatoms. The highest BCUT2D eigenvalue weighted by molar-refractivity contribution is 7.03. The van der Waals surface area contributed by atoms with E-state index in [9.17, 15) is 0 Å². The maximum atomic E-state index is 2.70. The van der Waals surface area contributed by atoms with Crippen LogP contribution >= 0.6 is 0 Å². The predicted molar refractivity (Wildman–Crippen MR) is 452 cm³/mol.